The molecule has 6 heavy (non-hydrogen) atoms. The van der Waals surface area contributed by atoms with Crippen molar-refractivity contribution < 1.29 is 0 Å². The predicted octanol–water partition coefficient (Wildman–Crippen LogP) is 1.21. The molecule has 1 unspecified atom stereocenters. The Hall–Kier alpha value is -0.590. The summed E-state index contributed by atoms with van der Waals surface area (Å²) in [7, 11) is 0. The summed E-state index contributed by atoms with van der Waals surface area (Å²) in [6.07, 6.45) is 6.67. The minimum atomic E-state index is 0.477. The first-order chi connectivity index (χ1) is 2.93. The van der Waals surface area contributed by atoms with E-state index in [0.29, 0.717) is 5.92 Å². The molecule has 0 aromatic rings. The Balaban J connectivity index is 2.39. The van der Waals surface area contributed by atoms with E-state index in [2.05, 4.69) is 6.08 Å². The third kappa shape index (κ3) is 0.361. The molecular formula is C5H7N. The Morgan fingerprint density at radius 1 is 1.83 bits per heavy atom. The molecule has 1 N–H and O–H groups in total. The lowest BCUT2D eigenvalue weighted by Crippen LogP contribution is -2.01. The molecule has 1 nitrogen and oxygen atoms in total. The first-order valence-electron chi connectivity index (χ1n) is 2.11. The third-order valence-electron chi connectivity index (χ3n) is 1.01. The minimum Gasteiger partial charge on any atom is -0.312 e. The average Bonchev–Trinajstić information content (AvgIpc) is 1.31. The summed E-state index contributed by atoms with van der Waals surface area (Å²) >= 11 is 0. The van der Waals surface area contributed by atoms with Gasteiger partial charge in [0.2, 0.25) is 0 Å². The summed E-state index contributed by atoms with van der Waals surface area (Å²) in [6.45, 7) is 0. The van der Waals surface area contributed by atoms with Crippen LogP contribution in [0, 0.1) is 11.3 Å². The second kappa shape index (κ2) is 1.25. The van der Waals surface area contributed by atoms with Crippen molar-refractivity contribution in [2.45, 2.75) is 6.42 Å². The van der Waals surface area contributed by atoms with Crippen LogP contribution >= 0.6 is 0 Å². The maximum atomic E-state index is 6.68. The van der Waals surface area contributed by atoms with Crippen LogP contribution in [0.15, 0.2) is 12.2 Å². The van der Waals surface area contributed by atoms with Gasteiger partial charge in [-0.3, -0.25) is 0 Å². The standard InChI is InChI=1S/C5H7N/c6-4-5-2-1-3-5/h1-2,4-6H,3H2. The Labute approximate surface area is 37.2 Å². The van der Waals surface area contributed by atoms with Crippen LogP contribution in [0.3, 0.4) is 0 Å². The molecule has 1 rings (SSSR count). The van der Waals surface area contributed by atoms with Gasteiger partial charge in [-0.05, 0) is 6.42 Å². The van der Waals surface area contributed by atoms with Gasteiger partial charge in [-0.25, -0.2) is 0 Å². The third-order valence-corrected chi connectivity index (χ3v) is 1.01. The highest BCUT2D eigenvalue weighted by Gasteiger charge is 2.03. The van der Waals surface area contributed by atoms with Crippen molar-refractivity contribution in [2.24, 2.45) is 5.92 Å². The SMILES string of the molecule is N=CC1C=CC1. The summed E-state index contributed by atoms with van der Waals surface area (Å²) in [5, 5.41) is 6.68. The molecule has 32 valence electrons. The largest absolute Gasteiger partial charge is 0.312 e. The van der Waals surface area contributed by atoms with E-state index in [1.807, 2.05) is 6.08 Å². The molecule has 0 bridgehead atoms. The van der Waals surface area contributed by atoms with Crippen molar-refractivity contribution in [1.29, 1.82) is 5.41 Å². The summed E-state index contributed by atoms with van der Waals surface area (Å²) in [4.78, 5) is 0. The molecule has 1 atom stereocenters. The molecule has 0 aliphatic heterocycles. The minimum absolute atomic E-state index is 0.477. The molecule has 1 aliphatic rings. The second-order valence-corrected chi connectivity index (χ2v) is 1.49. The lowest BCUT2D eigenvalue weighted by atomic mass is 9.97. The van der Waals surface area contributed by atoms with Crippen molar-refractivity contribution >= 4 is 6.21 Å². The molecular weight excluding hydrogens is 74.1 g/mol. The molecule has 0 radical (unpaired) electrons. The lowest BCUT2D eigenvalue weighted by Gasteiger charge is -2.08. The molecule has 0 heterocycles. The van der Waals surface area contributed by atoms with Gasteiger partial charge in [0.25, 0.3) is 0 Å². The molecule has 0 saturated heterocycles. The lowest BCUT2D eigenvalue weighted by molar-refractivity contribution is 0.817. The molecule has 1 aliphatic carbocycles. The van der Waals surface area contributed by atoms with Crippen molar-refractivity contribution in [1.82, 2.24) is 0 Å². The molecule has 0 spiro atoms. The van der Waals surface area contributed by atoms with E-state index >= 15 is 0 Å². The Morgan fingerprint density at radius 2 is 2.50 bits per heavy atom. The van der Waals surface area contributed by atoms with Crippen molar-refractivity contribution in [3.63, 3.8) is 0 Å². The highest BCUT2D eigenvalue weighted by molar-refractivity contribution is 5.61. The highest BCUT2D eigenvalue weighted by atomic mass is 14.3. The van der Waals surface area contributed by atoms with Crippen molar-refractivity contribution in [2.75, 3.05) is 0 Å². The molecule has 0 amide bonds. The number of rotatable bonds is 1. The van der Waals surface area contributed by atoms with E-state index in [9.17, 15) is 0 Å². The van der Waals surface area contributed by atoms with Gasteiger partial charge < -0.3 is 5.41 Å². The molecule has 0 aromatic heterocycles. The molecule has 0 fully saturated rings. The number of nitrogens with one attached hydrogen (secondary N) is 1. The first kappa shape index (κ1) is 3.59. The monoisotopic (exact) mass is 81.1 g/mol. The Morgan fingerprint density at radius 3 is 2.50 bits per heavy atom. The fraction of sp³-hybridized carbons (Fsp3) is 0.400. The van der Waals surface area contributed by atoms with Crippen LogP contribution in [-0.2, 0) is 0 Å². The van der Waals surface area contributed by atoms with E-state index in [1.165, 1.54) is 6.21 Å². The Bertz CT molecular complexity index is 83.9. The summed E-state index contributed by atoms with van der Waals surface area (Å²) < 4.78 is 0. The fourth-order valence-corrected chi connectivity index (χ4v) is 0.417. The van der Waals surface area contributed by atoms with Gasteiger partial charge in [-0.2, -0.15) is 0 Å². The van der Waals surface area contributed by atoms with Gasteiger partial charge in [-0.1, -0.05) is 12.2 Å². The van der Waals surface area contributed by atoms with E-state index in [-0.39, 0.29) is 0 Å². The van der Waals surface area contributed by atoms with Gasteiger partial charge in [0.15, 0.2) is 0 Å². The first-order valence-corrected chi connectivity index (χ1v) is 2.11. The fourth-order valence-electron chi connectivity index (χ4n) is 0.417. The zero-order valence-electron chi connectivity index (χ0n) is 3.52. The normalized spacial score (nSPS) is 29.0. The smallest absolute Gasteiger partial charge is 0.0149 e. The number of allylic oxidation sites excluding steroid dienone is 2. The Kier molecular flexibility index (Phi) is 0.748. The van der Waals surface area contributed by atoms with E-state index in [4.69, 9.17) is 5.41 Å². The zero-order chi connectivity index (χ0) is 4.41. The molecule has 1 heteroatoms. The van der Waals surface area contributed by atoms with Gasteiger partial charge in [0.1, 0.15) is 0 Å². The van der Waals surface area contributed by atoms with Crippen LogP contribution in [-0.4, -0.2) is 6.21 Å². The van der Waals surface area contributed by atoms with Gasteiger partial charge >= 0.3 is 0 Å². The van der Waals surface area contributed by atoms with Crippen LogP contribution in [0.1, 0.15) is 6.42 Å². The van der Waals surface area contributed by atoms with E-state index in [0.717, 1.165) is 6.42 Å². The van der Waals surface area contributed by atoms with E-state index in [1.54, 1.807) is 0 Å². The zero-order valence-corrected chi connectivity index (χ0v) is 3.52. The summed E-state index contributed by atoms with van der Waals surface area (Å²) in [6, 6.07) is 0. The number of hydrogen-bond acceptors (Lipinski definition) is 1. The predicted molar refractivity (Wildman–Crippen MR) is 26.0 cm³/mol. The van der Waals surface area contributed by atoms with Crippen LogP contribution < -0.4 is 0 Å². The van der Waals surface area contributed by atoms with Crippen molar-refractivity contribution in [3.05, 3.63) is 12.2 Å². The highest BCUT2D eigenvalue weighted by Crippen LogP contribution is 2.12. The maximum Gasteiger partial charge on any atom is 0.0149 e. The van der Waals surface area contributed by atoms with Crippen LogP contribution in [0.4, 0.5) is 0 Å². The van der Waals surface area contributed by atoms with Crippen LogP contribution in [0.25, 0.3) is 0 Å². The van der Waals surface area contributed by atoms with Crippen LogP contribution in [0.5, 0.6) is 0 Å². The van der Waals surface area contributed by atoms with Gasteiger partial charge in [0.05, 0.1) is 0 Å². The quantitative estimate of drug-likeness (QED) is 0.362. The topological polar surface area (TPSA) is 23.9 Å². The maximum absolute atomic E-state index is 6.68. The van der Waals surface area contributed by atoms with Gasteiger partial charge in [0, 0.05) is 12.1 Å². The van der Waals surface area contributed by atoms with Gasteiger partial charge in [-0.15, -0.1) is 0 Å². The van der Waals surface area contributed by atoms with E-state index < -0.39 is 0 Å². The van der Waals surface area contributed by atoms with Crippen molar-refractivity contribution in [3.8, 4) is 0 Å². The molecule has 0 aromatic carbocycles. The number of hydrogen-bond donors (Lipinski definition) is 1. The average molecular weight is 81.1 g/mol. The summed E-state index contributed by atoms with van der Waals surface area (Å²) in [5.41, 5.74) is 0. The second-order valence-electron chi connectivity index (χ2n) is 1.49. The molecule has 0 saturated carbocycles. The van der Waals surface area contributed by atoms with Crippen LogP contribution in [0.2, 0.25) is 0 Å². The summed E-state index contributed by atoms with van der Waals surface area (Å²) in [5.74, 6) is 0.477.